The van der Waals surface area contributed by atoms with E-state index in [1.54, 1.807) is 0 Å². The number of para-hydroxylation sites is 4. The summed E-state index contributed by atoms with van der Waals surface area (Å²) in [5.41, 5.74) is 17.4. The Balaban J connectivity index is 0.909. The molecule has 0 fully saturated rings. The quantitative estimate of drug-likeness (QED) is 0.116. The molecular formula is C76H46N2Se. The van der Waals surface area contributed by atoms with Gasteiger partial charge in [0.1, 0.15) is 0 Å². The van der Waals surface area contributed by atoms with Crippen molar-refractivity contribution in [2.24, 2.45) is 0 Å². The standard InChI is InChI=1S/C76H46N2Se/c1-3-23-47(24-4-1)77-64-42-17-15-35-57(64)73-59(37-20-44-66(73)77)69-49-27-7-9-29-51(49)71(52-30-10-8-28-50(52)69)61-39-22-46-68-75(61)63-41-19-40-62(76(63)79-68)72-55-33-13-11-31-53(55)70(54-32-12-14-34-56(54)72)60-38-21-45-67-74(60)58-36-16-18-43-65(58)78(67)48-25-5-2-6-26-48/h1-46H. The Morgan fingerprint density at radius 3 is 0.911 bits per heavy atom. The molecule has 2 nitrogen and oxygen atoms in total. The SMILES string of the molecule is c1ccc(-n2c3ccccc3c3c(-c4c5ccccc5c(-c5cccc6c5[se]c5cccc(-c7c8ccccc8c(-c8cccc9c8c8ccccc8n9-c8ccccc8)c8ccccc78)c56)c5ccccc45)cccc32)cc1. The van der Waals surface area contributed by atoms with Crippen molar-refractivity contribution in [1.29, 1.82) is 0 Å². The Hall–Kier alpha value is -9.76. The van der Waals surface area contributed by atoms with Crippen molar-refractivity contribution in [3.63, 3.8) is 0 Å². The minimum absolute atomic E-state index is 0.0389. The number of aromatic nitrogens is 2. The van der Waals surface area contributed by atoms with Gasteiger partial charge in [-0.2, -0.15) is 0 Å². The van der Waals surface area contributed by atoms with E-state index in [0.29, 0.717) is 0 Å². The first-order valence-corrected chi connectivity index (χ1v) is 29.0. The van der Waals surface area contributed by atoms with Crippen LogP contribution in [0.5, 0.6) is 0 Å². The fourth-order valence-electron chi connectivity index (χ4n) is 13.8. The average molecular weight is 1070 g/mol. The topological polar surface area (TPSA) is 9.86 Å². The Bertz CT molecular complexity index is 5250. The van der Waals surface area contributed by atoms with Crippen molar-refractivity contribution in [2.45, 2.75) is 0 Å². The van der Waals surface area contributed by atoms with Gasteiger partial charge in [-0.1, -0.05) is 42.5 Å². The molecule has 0 amide bonds. The molecule has 0 bridgehead atoms. The zero-order valence-corrected chi connectivity index (χ0v) is 44.6. The fraction of sp³-hybridized carbons (Fsp3) is 0. The van der Waals surface area contributed by atoms with Crippen LogP contribution in [-0.4, -0.2) is 23.6 Å². The molecule has 366 valence electrons. The molecule has 0 spiro atoms. The summed E-state index contributed by atoms with van der Waals surface area (Å²) in [4.78, 5) is 0. The molecule has 0 radical (unpaired) electrons. The minimum Gasteiger partial charge on any atom is -0.0602 e. The molecule has 79 heavy (non-hydrogen) atoms. The first-order chi connectivity index (χ1) is 39.3. The Kier molecular flexibility index (Phi) is 9.76. The molecule has 0 aliphatic heterocycles. The van der Waals surface area contributed by atoms with Gasteiger partial charge in [-0.15, -0.1) is 0 Å². The Labute approximate surface area is 461 Å². The molecule has 0 unspecified atom stereocenters. The van der Waals surface area contributed by atoms with Crippen LogP contribution in [0.15, 0.2) is 279 Å². The summed E-state index contributed by atoms with van der Waals surface area (Å²) in [5, 5.41) is 17.9. The van der Waals surface area contributed by atoms with E-state index >= 15 is 0 Å². The number of nitrogens with zero attached hydrogens (tertiary/aromatic N) is 2. The molecule has 17 aromatic rings. The second-order valence-corrected chi connectivity index (χ2v) is 23.1. The zero-order valence-electron chi connectivity index (χ0n) is 42.9. The number of fused-ring (bicyclic) bond motifs is 13. The first kappa shape index (κ1) is 44.4. The van der Waals surface area contributed by atoms with Crippen LogP contribution in [-0.2, 0) is 0 Å². The summed E-state index contributed by atoms with van der Waals surface area (Å²) in [6.45, 7) is 0. The Morgan fingerprint density at radius 2 is 0.494 bits per heavy atom. The number of hydrogen-bond acceptors (Lipinski definition) is 0. The van der Waals surface area contributed by atoms with Crippen LogP contribution in [0.2, 0.25) is 0 Å². The van der Waals surface area contributed by atoms with Crippen LogP contribution in [0.4, 0.5) is 0 Å². The van der Waals surface area contributed by atoms with Gasteiger partial charge in [0.25, 0.3) is 0 Å². The van der Waals surface area contributed by atoms with Crippen molar-refractivity contribution in [3.8, 4) is 55.9 Å². The normalized spacial score (nSPS) is 12.1. The Morgan fingerprint density at radius 1 is 0.203 bits per heavy atom. The van der Waals surface area contributed by atoms with Crippen LogP contribution in [0.3, 0.4) is 0 Å². The molecule has 0 aliphatic carbocycles. The summed E-state index contributed by atoms with van der Waals surface area (Å²) in [5.74, 6) is 0. The van der Waals surface area contributed by atoms with E-state index in [-0.39, 0.29) is 14.5 Å². The maximum atomic E-state index is 2.43. The van der Waals surface area contributed by atoms with E-state index in [0.717, 1.165) is 11.4 Å². The monoisotopic (exact) mass is 1070 g/mol. The molecule has 3 heterocycles. The van der Waals surface area contributed by atoms with Crippen LogP contribution >= 0.6 is 0 Å². The zero-order chi connectivity index (χ0) is 51.7. The summed E-state index contributed by atoms with van der Waals surface area (Å²) in [6.07, 6.45) is 0. The third-order valence-corrected chi connectivity index (χ3v) is 19.4. The van der Waals surface area contributed by atoms with E-state index in [2.05, 4.69) is 288 Å². The molecule has 0 atom stereocenters. The second kappa shape index (κ2) is 17.4. The van der Waals surface area contributed by atoms with E-state index in [1.165, 1.54) is 151 Å². The molecule has 0 aliphatic rings. The molecule has 14 aromatic carbocycles. The van der Waals surface area contributed by atoms with Crippen molar-refractivity contribution in [2.75, 3.05) is 0 Å². The van der Waals surface area contributed by atoms with Gasteiger partial charge in [0, 0.05) is 0 Å². The second-order valence-electron chi connectivity index (χ2n) is 20.9. The van der Waals surface area contributed by atoms with Crippen molar-refractivity contribution < 1.29 is 0 Å². The average Bonchev–Trinajstić information content (AvgIpc) is 4.23. The summed E-state index contributed by atoms with van der Waals surface area (Å²) in [7, 11) is 0. The fourth-order valence-corrected chi connectivity index (χ4v) is 16.5. The van der Waals surface area contributed by atoms with E-state index in [1.807, 2.05) is 0 Å². The number of hydrogen-bond donors (Lipinski definition) is 0. The van der Waals surface area contributed by atoms with Crippen LogP contribution < -0.4 is 0 Å². The molecule has 3 heteroatoms. The van der Waals surface area contributed by atoms with Gasteiger partial charge in [0.05, 0.1) is 0 Å². The molecule has 0 saturated carbocycles. The molecule has 17 rings (SSSR count). The first-order valence-electron chi connectivity index (χ1n) is 27.3. The van der Waals surface area contributed by atoms with Gasteiger partial charge in [0.15, 0.2) is 0 Å². The molecule has 0 saturated heterocycles. The van der Waals surface area contributed by atoms with Gasteiger partial charge in [-0.3, -0.25) is 0 Å². The van der Waals surface area contributed by atoms with Crippen LogP contribution in [0.25, 0.3) is 162 Å². The van der Waals surface area contributed by atoms with Gasteiger partial charge in [-0.05, 0) is 12.1 Å². The van der Waals surface area contributed by atoms with E-state index in [4.69, 9.17) is 0 Å². The van der Waals surface area contributed by atoms with Crippen LogP contribution in [0.1, 0.15) is 0 Å². The number of benzene rings is 14. The molecule has 3 aromatic heterocycles. The summed E-state index contributed by atoms with van der Waals surface area (Å²) in [6, 6.07) is 104. The molecular weight excluding hydrogens is 1020 g/mol. The maximum absolute atomic E-state index is 2.43. The smallest absolute Gasteiger partial charge is 0.0602 e. The molecule has 0 N–H and O–H groups in total. The van der Waals surface area contributed by atoms with Crippen molar-refractivity contribution in [1.82, 2.24) is 9.13 Å². The van der Waals surface area contributed by atoms with Crippen molar-refractivity contribution >= 4 is 120 Å². The minimum atomic E-state index is 0.0389. The van der Waals surface area contributed by atoms with Gasteiger partial charge >= 0.3 is 410 Å². The van der Waals surface area contributed by atoms with Gasteiger partial charge in [-0.25, -0.2) is 0 Å². The van der Waals surface area contributed by atoms with Crippen molar-refractivity contribution in [3.05, 3.63) is 279 Å². The van der Waals surface area contributed by atoms with E-state index in [9.17, 15) is 0 Å². The van der Waals surface area contributed by atoms with Gasteiger partial charge < -0.3 is 0 Å². The third-order valence-electron chi connectivity index (χ3n) is 16.9. The van der Waals surface area contributed by atoms with E-state index < -0.39 is 0 Å². The summed E-state index contributed by atoms with van der Waals surface area (Å²) >= 11 is 0.0389. The predicted molar refractivity (Wildman–Crippen MR) is 339 cm³/mol. The van der Waals surface area contributed by atoms with Gasteiger partial charge in [0.2, 0.25) is 0 Å². The third kappa shape index (κ3) is 6.40. The number of rotatable bonds is 6. The summed E-state index contributed by atoms with van der Waals surface area (Å²) < 4.78 is 7.73. The van der Waals surface area contributed by atoms with Crippen LogP contribution in [0, 0.1) is 0 Å². The predicted octanol–water partition coefficient (Wildman–Crippen LogP) is 20.5.